The van der Waals surface area contributed by atoms with E-state index in [9.17, 15) is 4.79 Å². The summed E-state index contributed by atoms with van der Waals surface area (Å²) >= 11 is 0. The number of carbonyl (C=O) groups excluding carboxylic acids is 1. The molecule has 1 aromatic rings. The second-order valence-electron chi connectivity index (χ2n) is 2.40. The lowest BCUT2D eigenvalue weighted by molar-refractivity contribution is -0.115. The summed E-state index contributed by atoms with van der Waals surface area (Å²) in [6.07, 6.45) is 4.93. The summed E-state index contributed by atoms with van der Waals surface area (Å²) in [5.74, 6) is 1.61. The molecule has 0 amide bonds. The van der Waals surface area contributed by atoms with E-state index in [1.54, 1.807) is 12.1 Å². The Kier molecular flexibility index (Phi) is 2.62. The Morgan fingerprint density at radius 1 is 1.42 bits per heavy atom. The van der Waals surface area contributed by atoms with Crippen LogP contribution in [0.4, 0.5) is 0 Å². The normalized spacial score (nSPS) is 11.7. The highest BCUT2D eigenvalue weighted by Gasteiger charge is 2.11. The second kappa shape index (κ2) is 3.70. The molecular weight excluding hydrogens is 150 g/mol. The Bertz CT molecular complexity index is 310. The molecule has 1 atom stereocenters. The molecular formula is C10H9NO. The highest BCUT2D eigenvalue weighted by atomic mass is 16.1. The first-order chi connectivity index (χ1) is 5.75. The minimum atomic E-state index is -0.684. The third-order valence-electron chi connectivity index (χ3n) is 1.58. The van der Waals surface area contributed by atoms with E-state index >= 15 is 0 Å². The smallest absolute Gasteiger partial charge is 0.226 e. The number of hydrogen-bond acceptors (Lipinski definition) is 2. The average molecular weight is 159 g/mol. The molecule has 1 aromatic carbocycles. The van der Waals surface area contributed by atoms with Crippen LogP contribution in [0.3, 0.4) is 0 Å². The Labute approximate surface area is 71.4 Å². The Morgan fingerprint density at radius 3 is 2.50 bits per heavy atom. The summed E-state index contributed by atoms with van der Waals surface area (Å²) in [5, 5.41) is 0. The highest BCUT2D eigenvalue weighted by Crippen LogP contribution is 2.09. The van der Waals surface area contributed by atoms with Crippen molar-refractivity contribution < 1.29 is 4.79 Å². The van der Waals surface area contributed by atoms with Crippen LogP contribution in [-0.2, 0) is 4.79 Å². The highest BCUT2D eigenvalue weighted by molar-refractivity contribution is 5.99. The minimum Gasteiger partial charge on any atom is -0.317 e. The third kappa shape index (κ3) is 1.71. The van der Waals surface area contributed by atoms with Gasteiger partial charge in [0.25, 0.3) is 0 Å². The molecule has 0 aliphatic rings. The van der Waals surface area contributed by atoms with Gasteiger partial charge in [0, 0.05) is 0 Å². The molecule has 12 heavy (non-hydrogen) atoms. The second-order valence-corrected chi connectivity index (χ2v) is 2.40. The molecule has 2 heteroatoms. The van der Waals surface area contributed by atoms with Gasteiger partial charge in [-0.25, -0.2) is 0 Å². The van der Waals surface area contributed by atoms with Crippen molar-refractivity contribution in [2.45, 2.75) is 6.04 Å². The van der Waals surface area contributed by atoms with Gasteiger partial charge in [0.2, 0.25) is 5.78 Å². The monoisotopic (exact) mass is 159 g/mol. The first-order valence-corrected chi connectivity index (χ1v) is 3.56. The zero-order chi connectivity index (χ0) is 8.97. The Morgan fingerprint density at radius 2 is 2.00 bits per heavy atom. The van der Waals surface area contributed by atoms with Gasteiger partial charge in [-0.15, -0.1) is 6.42 Å². The lowest BCUT2D eigenvalue weighted by Crippen LogP contribution is -2.19. The van der Waals surface area contributed by atoms with Crippen LogP contribution in [0.5, 0.6) is 0 Å². The summed E-state index contributed by atoms with van der Waals surface area (Å²) in [7, 11) is 0. The average Bonchev–Trinajstić information content (AvgIpc) is 2.17. The molecule has 0 aliphatic carbocycles. The van der Waals surface area contributed by atoms with Crippen molar-refractivity contribution in [1.29, 1.82) is 0 Å². The van der Waals surface area contributed by atoms with Gasteiger partial charge in [0.1, 0.15) is 6.04 Å². The van der Waals surface area contributed by atoms with E-state index in [-0.39, 0.29) is 5.78 Å². The van der Waals surface area contributed by atoms with Gasteiger partial charge in [0.15, 0.2) is 0 Å². The fourth-order valence-corrected chi connectivity index (χ4v) is 0.902. The van der Waals surface area contributed by atoms with E-state index in [0.717, 1.165) is 5.56 Å². The fourth-order valence-electron chi connectivity index (χ4n) is 0.902. The summed E-state index contributed by atoms with van der Waals surface area (Å²) in [6, 6.07) is 8.37. The maximum absolute atomic E-state index is 11.0. The first kappa shape index (κ1) is 8.51. The maximum atomic E-state index is 11.0. The maximum Gasteiger partial charge on any atom is 0.226 e. The molecule has 0 bridgehead atoms. The van der Waals surface area contributed by atoms with Crippen molar-refractivity contribution in [3.63, 3.8) is 0 Å². The SMILES string of the molecule is C#CC(=O)C(N)c1ccccc1. The predicted octanol–water partition coefficient (Wildman–Crippen LogP) is 0.889. The van der Waals surface area contributed by atoms with E-state index in [0.29, 0.717) is 0 Å². The van der Waals surface area contributed by atoms with E-state index in [1.807, 2.05) is 24.1 Å². The zero-order valence-electron chi connectivity index (χ0n) is 6.53. The van der Waals surface area contributed by atoms with Gasteiger partial charge in [-0.3, -0.25) is 4.79 Å². The summed E-state index contributed by atoms with van der Waals surface area (Å²) in [4.78, 5) is 11.0. The van der Waals surface area contributed by atoms with Crippen molar-refractivity contribution in [2.24, 2.45) is 5.73 Å². The quantitative estimate of drug-likeness (QED) is 0.514. The van der Waals surface area contributed by atoms with Crippen molar-refractivity contribution in [3.05, 3.63) is 35.9 Å². The molecule has 60 valence electrons. The van der Waals surface area contributed by atoms with Crippen LogP contribution in [0.1, 0.15) is 11.6 Å². The topological polar surface area (TPSA) is 43.1 Å². The van der Waals surface area contributed by atoms with Crippen LogP contribution in [-0.4, -0.2) is 5.78 Å². The molecule has 0 saturated heterocycles. The molecule has 0 spiro atoms. The van der Waals surface area contributed by atoms with Crippen molar-refractivity contribution in [2.75, 3.05) is 0 Å². The number of benzene rings is 1. The van der Waals surface area contributed by atoms with Crippen LogP contribution in [0.15, 0.2) is 30.3 Å². The molecule has 0 aliphatic heterocycles. The molecule has 0 radical (unpaired) electrons. The van der Waals surface area contributed by atoms with E-state index < -0.39 is 6.04 Å². The number of rotatable bonds is 2. The van der Waals surface area contributed by atoms with E-state index in [2.05, 4.69) is 0 Å². The summed E-state index contributed by atoms with van der Waals surface area (Å²) < 4.78 is 0. The van der Waals surface area contributed by atoms with Crippen LogP contribution in [0, 0.1) is 12.3 Å². The molecule has 0 heterocycles. The van der Waals surface area contributed by atoms with E-state index in [4.69, 9.17) is 12.2 Å². The number of Topliss-reactive ketones (excluding diaryl/α,β-unsaturated/α-hetero) is 1. The summed E-state index contributed by atoms with van der Waals surface area (Å²) in [6.45, 7) is 0. The number of ketones is 1. The third-order valence-corrected chi connectivity index (χ3v) is 1.58. The Balaban J connectivity index is 2.87. The minimum absolute atomic E-state index is 0.388. The first-order valence-electron chi connectivity index (χ1n) is 3.56. The zero-order valence-corrected chi connectivity index (χ0v) is 6.53. The molecule has 2 nitrogen and oxygen atoms in total. The predicted molar refractivity (Wildman–Crippen MR) is 47.2 cm³/mol. The fraction of sp³-hybridized carbons (Fsp3) is 0.100. The number of nitrogens with two attached hydrogens (primary N) is 1. The molecule has 0 saturated carbocycles. The lowest BCUT2D eigenvalue weighted by atomic mass is 10.0. The Hall–Kier alpha value is -1.59. The van der Waals surface area contributed by atoms with Gasteiger partial charge < -0.3 is 5.73 Å². The largest absolute Gasteiger partial charge is 0.317 e. The molecule has 0 fully saturated rings. The van der Waals surface area contributed by atoms with Gasteiger partial charge in [-0.05, 0) is 11.5 Å². The van der Waals surface area contributed by atoms with Crippen LogP contribution < -0.4 is 5.73 Å². The van der Waals surface area contributed by atoms with Crippen LogP contribution in [0.25, 0.3) is 0 Å². The van der Waals surface area contributed by atoms with Gasteiger partial charge in [-0.2, -0.15) is 0 Å². The molecule has 0 aromatic heterocycles. The van der Waals surface area contributed by atoms with Crippen molar-refractivity contribution in [3.8, 4) is 12.3 Å². The summed E-state index contributed by atoms with van der Waals surface area (Å²) in [5.41, 5.74) is 6.31. The number of carbonyl (C=O) groups is 1. The molecule has 1 unspecified atom stereocenters. The lowest BCUT2D eigenvalue weighted by Gasteiger charge is -2.05. The molecule has 2 N–H and O–H groups in total. The van der Waals surface area contributed by atoms with Gasteiger partial charge in [0.05, 0.1) is 0 Å². The van der Waals surface area contributed by atoms with Crippen molar-refractivity contribution >= 4 is 5.78 Å². The number of terminal acetylenes is 1. The standard InChI is InChI=1S/C10H9NO/c1-2-9(12)10(11)8-6-4-3-5-7-8/h1,3-7,10H,11H2. The van der Waals surface area contributed by atoms with E-state index in [1.165, 1.54) is 0 Å². The van der Waals surface area contributed by atoms with Crippen LogP contribution in [0.2, 0.25) is 0 Å². The van der Waals surface area contributed by atoms with Gasteiger partial charge >= 0.3 is 0 Å². The number of hydrogen-bond donors (Lipinski definition) is 1. The van der Waals surface area contributed by atoms with Crippen LogP contribution >= 0.6 is 0 Å². The molecule has 1 rings (SSSR count). The van der Waals surface area contributed by atoms with Gasteiger partial charge in [-0.1, -0.05) is 30.3 Å². The van der Waals surface area contributed by atoms with Crippen molar-refractivity contribution in [1.82, 2.24) is 0 Å².